The van der Waals surface area contributed by atoms with Crippen molar-refractivity contribution in [3.05, 3.63) is 18.5 Å². The van der Waals surface area contributed by atoms with Crippen molar-refractivity contribution in [2.45, 2.75) is 4.90 Å². The Hall–Kier alpha value is -0.680. The van der Waals surface area contributed by atoms with E-state index in [0.717, 1.165) is 6.20 Å². The smallest absolute Gasteiger partial charge is 0.207 e. The molecule has 1 rings (SSSR count). The molecule has 0 unspecified atom stereocenters. The second-order valence-electron chi connectivity index (χ2n) is 1.52. The van der Waals surface area contributed by atoms with Gasteiger partial charge in [-0.3, -0.25) is 0 Å². The molecule has 0 aliphatic heterocycles. The van der Waals surface area contributed by atoms with Crippen molar-refractivity contribution < 1.29 is 8.42 Å². The first-order valence-electron chi connectivity index (χ1n) is 2.32. The zero-order valence-corrected chi connectivity index (χ0v) is 6.30. The van der Waals surface area contributed by atoms with Gasteiger partial charge in [-0.05, 0) is 6.07 Å². The van der Waals surface area contributed by atoms with Crippen molar-refractivity contribution in [1.82, 2.24) is 10.2 Å². The van der Waals surface area contributed by atoms with Crippen LogP contribution in [0.25, 0.3) is 0 Å². The molecule has 0 aliphatic carbocycles. The van der Waals surface area contributed by atoms with Crippen LogP contribution >= 0.6 is 10.7 Å². The van der Waals surface area contributed by atoms with Crippen molar-refractivity contribution in [3.63, 3.8) is 0 Å². The summed E-state index contributed by atoms with van der Waals surface area (Å²) in [4.78, 5) is -0.0378. The molecular weight excluding hydrogens is 176 g/mol. The molecule has 6 heteroatoms. The van der Waals surface area contributed by atoms with Crippen LogP contribution in [0.15, 0.2) is 23.4 Å². The number of nitrogens with zero attached hydrogens (tertiary/aromatic N) is 2. The van der Waals surface area contributed by atoms with Crippen LogP contribution in [-0.2, 0) is 9.05 Å². The Morgan fingerprint density at radius 3 is 2.40 bits per heavy atom. The van der Waals surface area contributed by atoms with E-state index in [1.807, 2.05) is 0 Å². The van der Waals surface area contributed by atoms with Gasteiger partial charge in [0.05, 0.1) is 12.4 Å². The van der Waals surface area contributed by atoms with Crippen molar-refractivity contribution in [3.8, 4) is 0 Å². The maximum atomic E-state index is 10.5. The highest BCUT2D eigenvalue weighted by Gasteiger charge is 2.07. The van der Waals surface area contributed by atoms with Crippen molar-refractivity contribution >= 4 is 19.7 Å². The summed E-state index contributed by atoms with van der Waals surface area (Å²) in [6.07, 6.45) is 2.34. The summed E-state index contributed by atoms with van der Waals surface area (Å²) in [6.45, 7) is 0. The zero-order valence-electron chi connectivity index (χ0n) is 4.73. The van der Waals surface area contributed by atoms with Crippen LogP contribution in [0.5, 0.6) is 0 Å². The minimum atomic E-state index is -3.63. The van der Waals surface area contributed by atoms with Gasteiger partial charge in [0, 0.05) is 10.7 Å². The third kappa shape index (κ3) is 1.65. The first kappa shape index (κ1) is 7.43. The first-order chi connectivity index (χ1) is 4.61. The van der Waals surface area contributed by atoms with Gasteiger partial charge in [0.2, 0.25) is 0 Å². The van der Waals surface area contributed by atoms with Crippen molar-refractivity contribution in [1.29, 1.82) is 0 Å². The van der Waals surface area contributed by atoms with Gasteiger partial charge < -0.3 is 0 Å². The number of halogens is 1. The highest BCUT2D eigenvalue weighted by molar-refractivity contribution is 8.13. The van der Waals surface area contributed by atoms with Crippen LogP contribution in [-0.4, -0.2) is 18.6 Å². The summed E-state index contributed by atoms with van der Waals surface area (Å²) in [5, 5.41) is 6.72. The molecule has 4 nitrogen and oxygen atoms in total. The van der Waals surface area contributed by atoms with Gasteiger partial charge >= 0.3 is 0 Å². The van der Waals surface area contributed by atoms with Gasteiger partial charge in [0.1, 0.15) is 4.90 Å². The third-order valence-electron chi connectivity index (χ3n) is 0.839. The molecule has 0 saturated carbocycles. The molecule has 10 heavy (non-hydrogen) atoms. The first-order valence-corrected chi connectivity index (χ1v) is 4.63. The lowest BCUT2D eigenvalue weighted by Gasteiger charge is -1.89. The SMILES string of the molecule is O=S(=O)(Cl)c1ccnnc1. The van der Waals surface area contributed by atoms with Gasteiger partial charge in [-0.15, -0.1) is 0 Å². The Balaban J connectivity index is 3.22. The Bertz CT molecular complexity index is 309. The average Bonchev–Trinajstić information content (AvgIpc) is 1.88. The van der Waals surface area contributed by atoms with Crippen molar-refractivity contribution in [2.75, 3.05) is 0 Å². The molecule has 1 heterocycles. The quantitative estimate of drug-likeness (QED) is 0.585. The van der Waals surface area contributed by atoms with Gasteiger partial charge in [-0.25, -0.2) is 8.42 Å². The zero-order chi connectivity index (χ0) is 7.61. The maximum Gasteiger partial charge on any atom is 0.262 e. The predicted octanol–water partition coefficient (Wildman–Crippen LogP) is 0.404. The van der Waals surface area contributed by atoms with Crippen LogP contribution < -0.4 is 0 Å². The fourth-order valence-corrected chi connectivity index (χ4v) is 1.09. The molecule has 54 valence electrons. The predicted molar refractivity (Wildman–Crippen MR) is 35.1 cm³/mol. The summed E-state index contributed by atoms with van der Waals surface area (Å²) in [5.74, 6) is 0. The number of rotatable bonds is 1. The number of hydrogen-bond acceptors (Lipinski definition) is 4. The Labute approximate surface area is 62.3 Å². The topological polar surface area (TPSA) is 59.9 Å². The molecule has 0 spiro atoms. The lowest BCUT2D eigenvalue weighted by atomic mass is 10.6. The van der Waals surface area contributed by atoms with Crippen molar-refractivity contribution in [2.24, 2.45) is 0 Å². The van der Waals surface area contributed by atoms with E-state index in [0.29, 0.717) is 0 Å². The lowest BCUT2D eigenvalue weighted by molar-refractivity contribution is 0.609. The summed E-state index contributed by atoms with van der Waals surface area (Å²) in [7, 11) is 1.33. The fourth-order valence-electron chi connectivity index (χ4n) is 0.423. The molecule has 0 atom stereocenters. The van der Waals surface area contributed by atoms with Crippen LogP contribution in [0.3, 0.4) is 0 Å². The van der Waals surface area contributed by atoms with Crippen LogP contribution in [0, 0.1) is 0 Å². The molecule has 1 aromatic rings. The summed E-state index contributed by atoms with van der Waals surface area (Å²) in [5.41, 5.74) is 0. The fraction of sp³-hybridized carbons (Fsp3) is 0. The molecule has 0 fully saturated rings. The van der Waals surface area contributed by atoms with Gasteiger partial charge in [0.25, 0.3) is 9.05 Å². The highest BCUT2D eigenvalue weighted by Crippen LogP contribution is 2.10. The minimum absolute atomic E-state index is 0.0378. The summed E-state index contributed by atoms with van der Waals surface area (Å²) in [6, 6.07) is 1.27. The second kappa shape index (κ2) is 2.51. The molecule has 0 radical (unpaired) electrons. The van der Waals surface area contributed by atoms with E-state index in [-0.39, 0.29) is 4.90 Å². The average molecular weight is 179 g/mol. The van der Waals surface area contributed by atoms with Crippen LogP contribution in [0.2, 0.25) is 0 Å². The van der Waals surface area contributed by atoms with E-state index in [4.69, 9.17) is 10.7 Å². The Morgan fingerprint density at radius 2 is 2.10 bits per heavy atom. The monoisotopic (exact) mass is 178 g/mol. The Kier molecular flexibility index (Phi) is 1.87. The molecule has 0 saturated heterocycles. The van der Waals surface area contributed by atoms with E-state index in [1.54, 1.807) is 0 Å². The number of aromatic nitrogens is 2. The Morgan fingerprint density at radius 1 is 1.40 bits per heavy atom. The van der Waals surface area contributed by atoms with Crippen LogP contribution in [0.1, 0.15) is 0 Å². The third-order valence-corrected chi connectivity index (χ3v) is 2.18. The standard InChI is InChI=1S/C4H3ClN2O2S/c5-10(8,9)4-1-2-6-7-3-4/h1-3H. The minimum Gasteiger partial charge on any atom is -0.207 e. The highest BCUT2D eigenvalue weighted by atomic mass is 35.7. The summed E-state index contributed by atoms with van der Waals surface area (Å²) >= 11 is 0. The van der Waals surface area contributed by atoms with Gasteiger partial charge in [0.15, 0.2) is 0 Å². The van der Waals surface area contributed by atoms with Crippen LogP contribution in [0.4, 0.5) is 0 Å². The lowest BCUT2D eigenvalue weighted by Crippen LogP contribution is -1.91. The van der Waals surface area contributed by atoms with E-state index in [1.165, 1.54) is 12.3 Å². The molecular formula is C4H3ClN2O2S. The molecule has 0 amide bonds. The molecule has 0 N–H and O–H groups in total. The van der Waals surface area contributed by atoms with Gasteiger partial charge in [-0.2, -0.15) is 10.2 Å². The molecule has 1 aromatic heterocycles. The molecule has 0 bridgehead atoms. The largest absolute Gasteiger partial charge is 0.262 e. The molecule has 0 aliphatic rings. The normalized spacial score (nSPS) is 11.3. The van der Waals surface area contributed by atoms with E-state index >= 15 is 0 Å². The maximum absolute atomic E-state index is 10.5. The second-order valence-corrected chi connectivity index (χ2v) is 4.08. The van der Waals surface area contributed by atoms with E-state index in [9.17, 15) is 8.42 Å². The molecule has 0 aromatic carbocycles. The van der Waals surface area contributed by atoms with E-state index in [2.05, 4.69) is 10.2 Å². The van der Waals surface area contributed by atoms with Gasteiger partial charge in [-0.1, -0.05) is 0 Å². The van der Waals surface area contributed by atoms with E-state index < -0.39 is 9.05 Å². The number of hydrogen-bond donors (Lipinski definition) is 0. The summed E-state index contributed by atoms with van der Waals surface area (Å²) < 4.78 is 21.1.